The third-order valence-electron chi connectivity index (χ3n) is 9.31. The standard InChI is InChI=1S/C31H33ClN4O5/c1-40-25-17-20(32)15-19-16-26(41-27(19)25)29(38)34-11-5-10-33-28(37)23-18-21-7-4-14-36(21)31(23)22-8-2-3-9-24(22)35(30(31)39)13-6-12-34/h2-3,8-9,15-17,21,23H,4-7,10-14,18H2,1H3,(H,33,37)/t21-,23+,31+/m0/s1. The summed E-state index contributed by atoms with van der Waals surface area (Å²) in [5.74, 6) is -0.121. The molecule has 214 valence electrons. The highest BCUT2D eigenvalue weighted by molar-refractivity contribution is 6.31. The molecule has 1 spiro atoms. The molecule has 0 unspecified atom stereocenters. The van der Waals surface area contributed by atoms with Gasteiger partial charge < -0.3 is 24.3 Å². The zero-order valence-electron chi connectivity index (χ0n) is 23.0. The fourth-order valence-electron chi connectivity index (χ4n) is 7.62. The molecule has 3 fully saturated rings. The van der Waals surface area contributed by atoms with Crippen LogP contribution < -0.4 is 15.0 Å². The second kappa shape index (κ2) is 10.1. The molecule has 9 nitrogen and oxygen atoms in total. The molecule has 7 rings (SSSR count). The van der Waals surface area contributed by atoms with Crippen molar-refractivity contribution in [1.82, 2.24) is 15.1 Å². The highest BCUT2D eigenvalue weighted by atomic mass is 35.5. The lowest BCUT2D eigenvalue weighted by Gasteiger charge is -2.37. The highest BCUT2D eigenvalue weighted by Gasteiger charge is 2.67. The van der Waals surface area contributed by atoms with Crippen molar-refractivity contribution in [2.45, 2.75) is 43.7 Å². The molecule has 5 heterocycles. The fraction of sp³-hybridized carbons (Fsp3) is 0.452. The third-order valence-corrected chi connectivity index (χ3v) is 9.53. The molecule has 3 aromatic rings. The van der Waals surface area contributed by atoms with E-state index in [2.05, 4.69) is 10.2 Å². The van der Waals surface area contributed by atoms with Crippen LogP contribution >= 0.6 is 11.6 Å². The van der Waals surface area contributed by atoms with E-state index in [4.69, 9.17) is 20.8 Å². The SMILES string of the molecule is COc1cc(Cl)cc2cc(C(=O)N3CCCNC(=O)[C@H]4C[C@@H]5CCCN5[C@@]45C(=O)N(CCC3)c3ccccc35)oc12. The van der Waals surface area contributed by atoms with Gasteiger partial charge in [0.1, 0.15) is 5.54 Å². The number of rotatable bonds is 2. The van der Waals surface area contributed by atoms with Crippen molar-refractivity contribution in [3.8, 4) is 5.75 Å². The Kier molecular flexibility index (Phi) is 6.47. The van der Waals surface area contributed by atoms with Crippen molar-refractivity contribution in [3.63, 3.8) is 0 Å². The van der Waals surface area contributed by atoms with Crippen LogP contribution in [0.2, 0.25) is 5.02 Å². The Morgan fingerprint density at radius 1 is 1.07 bits per heavy atom. The van der Waals surface area contributed by atoms with Gasteiger partial charge in [-0.2, -0.15) is 0 Å². The molecule has 1 aromatic heterocycles. The molecule has 4 aliphatic rings. The number of amides is 3. The molecule has 41 heavy (non-hydrogen) atoms. The first-order chi connectivity index (χ1) is 19.9. The van der Waals surface area contributed by atoms with E-state index < -0.39 is 11.5 Å². The first-order valence-corrected chi connectivity index (χ1v) is 14.8. The van der Waals surface area contributed by atoms with Gasteiger partial charge in [0.25, 0.3) is 11.8 Å². The second-order valence-corrected chi connectivity index (χ2v) is 11.9. The number of methoxy groups -OCH3 is 1. The van der Waals surface area contributed by atoms with E-state index in [1.807, 2.05) is 29.2 Å². The van der Waals surface area contributed by atoms with Gasteiger partial charge in [-0.3, -0.25) is 19.3 Å². The number of carbonyl (C=O) groups is 3. The zero-order chi connectivity index (χ0) is 28.3. The predicted octanol–water partition coefficient (Wildman–Crippen LogP) is 4.17. The fourth-order valence-corrected chi connectivity index (χ4v) is 7.84. The van der Waals surface area contributed by atoms with Crippen molar-refractivity contribution < 1.29 is 23.5 Å². The number of fused-ring (bicyclic) bond motifs is 5. The van der Waals surface area contributed by atoms with Gasteiger partial charge in [-0.05, 0) is 56.8 Å². The number of hydrogen-bond donors (Lipinski definition) is 1. The van der Waals surface area contributed by atoms with E-state index in [0.29, 0.717) is 67.2 Å². The van der Waals surface area contributed by atoms with E-state index in [9.17, 15) is 14.4 Å². The number of halogens is 1. The minimum atomic E-state index is -0.958. The quantitative estimate of drug-likeness (QED) is 0.492. The Balaban J connectivity index is 1.21. The molecule has 0 saturated carbocycles. The van der Waals surface area contributed by atoms with Gasteiger partial charge in [-0.1, -0.05) is 29.8 Å². The van der Waals surface area contributed by atoms with Gasteiger partial charge in [-0.15, -0.1) is 0 Å². The summed E-state index contributed by atoms with van der Waals surface area (Å²) < 4.78 is 11.4. The Morgan fingerprint density at radius 3 is 2.76 bits per heavy atom. The number of para-hydroxylation sites is 1. The van der Waals surface area contributed by atoms with E-state index in [1.165, 1.54) is 7.11 Å². The Hall–Kier alpha value is -3.56. The van der Waals surface area contributed by atoms with Crippen molar-refractivity contribution in [1.29, 1.82) is 0 Å². The van der Waals surface area contributed by atoms with Crippen LogP contribution in [-0.4, -0.2) is 73.4 Å². The topological polar surface area (TPSA) is 95.3 Å². The normalized spacial score (nSPS) is 26.6. The number of benzene rings is 2. The van der Waals surface area contributed by atoms with E-state index in [0.717, 1.165) is 30.6 Å². The monoisotopic (exact) mass is 576 g/mol. The van der Waals surface area contributed by atoms with E-state index in [-0.39, 0.29) is 29.5 Å². The van der Waals surface area contributed by atoms with Crippen molar-refractivity contribution in [3.05, 3.63) is 58.8 Å². The molecule has 2 bridgehead atoms. The van der Waals surface area contributed by atoms with Gasteiger partial charge >= 0.3 is 0 Å². The van der Waals surface area contributed by atoms with Gasteiger partial charge in [-0.25, -0.2) is 0 Å². The Morgan fingerprint density at radius 2 is 1.90 bits per heavy atom. The van der Waals surface area contributed by atoms with Crippen molar-refractivity contribution in [2.75, 3.05) is 44.7 Å². The smallest absolute Gasteiger partial charge is 0.289 e. The van der Waals surface area contributed by atoms with Crippen LogP contribution in [0.5, 0.6) is 5.75 Å². The molecule has 4 aliphatic heterocycles. The summed E-state index contributed by atoms with van der Waals surface area (Å²) >= 11 is 6.22. The minimum Gasteiger partial charge on any atom is -0.493 e. The number of anilines is 1. The molecule has 0 aliphatic carbocycles. The van der Waals surface area contributed by atoms with Crippen LogP contribution in [0.3, 0.4) is 0 Å². The first-order valence-electron chi connectivity index (χ1n) is 14.5. The summed E-state index contributed by atoms with van der Waals surface area (Å²) in [5.41, 5.74) is 1.32. The summed E-state index contributed by atoms with van der Waals surface area (Å²) in [6, 6.07) is 13.2. The molecule has 3 amide bonds. The third kappa shape index (κ3) is 3.96. The van der Waals surface area contributed by atoms with Crippen molar-refractivity contribution >= 4 is 46.0 Å². The van der Waals surface area contributed by atoms with Gasteiger partial charge in [0.05, 0.1) is 13.0 Å². The summed E-state index contributed by atoms with van der Waals surface area (Å²) in [6.45, 7) is 2.58. The van der Waals surface area contributed by atoms with Crippen LogP contribution in [0.1, 0.15) is 48.2 Å². The number of nitrogens with zero attached hydrogens (tertiary/aromatic N) is 3. The van der Waals surface area contributed by atoms with Crippen LogP contribution in [0.25, 0.3) is 11.0 Å². The number of nitrogens with one attached hydrogen (secondary N) is 1. The first kappa shape index (κ1) is 26.3. The number of carbonyl (C=O) groups excluding carboxylic acids is 3. The lowest BCUT2D eigenvalue weighted by atomic mass is 9.78. The molecule has 3 saturated heterocycles. The summed E-state index contributed by atoms with van der Waals surface area (Å²) in [6.07, 6.45) is 3.91. The molecule has 10 heteroatoms. The maximum Gasteiger partial charge on any atom is 0.289 e. The van der Waals surface area contributed by atoms with E-state index >= 15 is 0 Å². The number of furan rings is 1. The number of ether oxygens (including phenoxy) is 1. The average molecular weight is 577 g/mol. The molecule has 0 radical (unpaired) electrons. The molecular formula is C31H33ClN4O5. The molecule has 1 N–H and O–H groups in total. The Bertz CT molecular complexity index is 1550. The zero-order valence-corrected chi connectivity index (χ0v) is 23.8. The van der Waals surface area contributed by atoms with E-state index in [1.54, 1.807) is 23.1 Å². The molecule has 3 atom stereocenters. The summed E-state index contributed by atoms with van der Waals surface area (Å²) in [4.78, 5) is 47.8. The minimum absolute atomic E-state index is 0.0124. The highest BCUT2D eigenvalue weighted by Crippen LogP contribution is 2.57. The van der Waals surface area contributed by atoms with Gasteiger partial charge in [0, 0.05) is 59.9 Å². The Labute approximate surface area is 243 Å². The lowest BCUT2D eigenvalue weighted by molar-refractivity contribution is -0.138. The van der Waals surface area contributed by atoms with Crippen LogP contribution in [0.4, 0.5) is 5.69 Å². The van der Waals surface area contributed by atoms with Crippen LogP contribution in [0, 0.1) is 5.92 Å². The van der Waals surface area contributed by atoms with Gasteiger partial charge in [0.15, 0.2) is 17.1 Å². The maximum atomic E-state index is 14.5. The van der Waals surface area contributed by atoms with Gasteiger partial charge in [0.2, 0.25) is 5.91 Å². The predicted molar refractivity (Wildman–Crippen MR) is 154 cm³/mol. The molecular weight excluding hydrogens is 544 g/mol. The molecule has 2 aromatic carbocycles. The number of hydrogen-bond acceptors (Lipinski definition) is 6. The maximum absolute atomic E-state index is 14.5. The second-order valence-electron chi connectivity index (χ2n) is 11.4. The summed E-state index contributed by atoms with van der Waals surface area (Å²) in [7, 11) is 1.53. The van der Waals surface area contributed by atoms with Crippen LogP contribution in [-0.2, 0) is 15.1 Å². The summed E-state index contributed by atoms with van der Waals surface area (Å²) in [5, 5.41) is 4.30. The lowest BCUT2D eigenvalue weighted by Crippen LogP contribution is -2.56. The van der Waals surface area contributed by atoms with Crippen LogP contribution in [0.15, 0.2) is 46.9 Å². The largest absolute Gasteiger partial charge is 0.493 e. The van der Waals surface area contributed by atoms with Crippen molar-refractivity contribution in [2.24, 2.45) is 5.92 Å². The average Bonchev–Trinajstić information content (AvgIpc) is 3.73.